The predicted molar refractivity (Wildman–Crippen MR) is 160 cm³/mol. The molecule has 0 fully saturated rings. The number of phenols is 1. The average Bonchev–Trinajstić information content (AvgIpc) is 2.95. The number of carbonyl (C=O) groups is 6. The first kappa shape index (κ1) is 35.7. The third kappa shape index (κ3) is 11.6. The Kier molecular flexibility index (Phi) is 13.0. The number of carbonyl (C=O) groups excluding carboxylic acids is 5. The maximum Gasteiger partial charge on any atom is 0.305 e. The van der Waals surface area contributed by atoms with Crippen molar-refractivity contribution >= 4 is 46.9 Å². The Morgan fingerprint density at radius 2 is 1.38 bits per heavy atom. The van der Waals surface area contributed by atoms with Gasteiger partial charge in [0.15, 0.2) is 0 Å². The largest absolute Gasteiger partial charge is 0.508 e. The van der Waals surface area contributed by atoms with Gasteiger partial charge in [-0.05, 0) is 42.7 Å². The molecule has 0 radical (unpaired) electrons. The second kappa shape index (κ2) is 16.3. The molecule has 45 heavy (non-hydrogen) atoms. The quantitative estimate of drug-likeness (QED) is 0.107. The first-order valence-corrected chi connectivity index (χ1v) is 13.8. The van der Waals surface area contributed by atoms with Crippen LogP contribution in [0.2, 0.25) is 0 Å². The standard InChI is InChI=1S/C29H36N6O10/c1-15(2)25(34-28(42)22(31-17(4)36)13-18-5-11-21(37)12-6-18)29(43)30-16(3)26(40)33-23(14-24(38)39)27(41)32-19-7-9-20(10-8-19)35(44)45/h5-12,15-16,22-23,25,37H,13-14H2,1-4H3,(H,30,43)(H,31,36)(H,32,41)(H,33,40)(H,34,42)(H,38,39)/t16-,22+,23+,25-/m0/s1. The Bertz CT molecular complexity index is 1410. The number of hydrogen-bond donors (Lipinski definition) is 7. The van der Waals surface area contributed by atoms with Crippen LogP contribution in [0, 0.1) is 16.0 Å². The highest BCUT2D eigenvalue weighted by molar-refractivity contribution is 6.00. The second-order valence-corrected chi connectivity index (χ2v) is 10.5. The highest BCUT2D eigenvalue weighted by Crippen LogP contribution is 2.16. The van der Waals surface area contributed by atoms with Gasteiger partial charge in [-0.2, -0.15) is 0 Å². The number of hydrogen-bond acceptors (Lipinski definition) is 9. The van der Waals surface area contributed by atoms with E-state index in [4.69, 9.17) is 0 Å². The van der Waals surface area contributed by atoms with E-state index < -0.39 is 76.9 Å². The fourth-order valence-corrected chi connectivity index (χ4v) is 4.06. The highest BCUT2D eigenvalue weighted by Gasteiger charge is 2.32. The Balaban J connectivity index is 2.09. The summed E-state index contributed by atoms with van der Waals surface area (Å²) in [6.07, 6.45) is -0.745. The molecule has 0 aliphatic carbocycles. The van der Waals surface area contributed by atoms with E-state index in [1.165, 1.54) is 38.1 Å². The Labute approximate surface area is 258 Å². The van der Waals surface area contributed by atoms with Crippen molar-refractivity contribution in [1.82, 2.24) is 21.3 Å². The average molecular weight is 629 g/mol. The van der Waals surface area contributed by atoms with Crippen LogP contribution in [-0.2, 0) is 35.2 Å². The Hall–Kier alpha value is -5.54. The van der Waals surface area contributed by atoms with Crippen LogP contribution in [-0.4, -0.2) is 74.8 Å². The number of nitro groups is 1. The van der Waals surface area contributed by atoms with Crippen molar-refractivity contribution in [3.05, 3.63) is 64.2 Å². The van der Waals surface area contributed by atoms with Crippen molar-refractivity contribution in [2.24, 2.45) is 5.92 Å². The minimum atomic E-state index is -1.57. The summed E-state index contributed by atoms with van der Waals surface area (Å²) in [5, 5.41) is 41.8. The summed E-state index contributed by atoms with van der Waals surface area (Å²) in [5.74, 6) is -5.57. The summed E-state index contributed by atoms with van der Waals surface area (Å²) < 4.78 is 0. The summed E-state index contributed by atoms with van der Waals surface area (Å²) in [5.41, 5.74) is 0.521. The van der Waals surface area contributed by atoms with Gasteiger partial charge in [0, 0.05) is 31.2 Å². The molecular formula is C29H36N6O10. The van der Waals surface area contributed by atoms with Gasteiger partial charge in [-0.15, -0.1) is 0 Å². The van der Waals surface area contributed by atoms with Gasteiger partial charge in [0.2, 0.25) is 29.5 Å². The van der Waals surface area contributed by atoms with Crippen molar-refractivity contribution in [1.29, 1.82) is 0 Å². The van der Waals surface area contributed by atoms with E-state index in [0.717, 1.165) is 12.1 Å². The van der Waals surface area contributed by atoms with Crippen LogP contribution in [0.1, 0.15) is 39.7 Å². The lowest BCUT2D eigenvalue weighted by Gasteiger charge is -2.27. The van der Waals surface area contributed by atoms with Gasteiger partial charge in [0.1, 0.15) is 29.9 Å². The fourth-order valence-electron chi connectivity index (χ4n) is 4.06. The van der Waals surface area contributed by atoms with E-state index in [-0.39, 0.29) is 23.5 Å². The number of nitrogens with zero attached hydrogens (tertiary/aromatic N) is 1. The summed E-state index contributed by atoms with van der Waals surface area (Å²) >= 11 is 0. The normalized spacial score (nSPS) is 13.4. The van der Waals surface area contributed by atoms with Gasteiger partial charge in [0.05, 0.1) is 11.3 Å². The topological polar surface area (TPSA) is 246 Å². The number of carboxylic acids is 1. The van der Waals surface area contributed by atoms with Crippen LogP contribution in [0.25, 0.3) is 0 Å². The highest BCUT2D eigenvalue weighted by atomic mass is 16.6. The molecule has 0 aliphatic rings. The number of carboxylic acid groups (broad SMARTS) is 1. The van der Waals surface area contributed by atoms with Gasteiger partial charge in [-0.25, -0.2) is 0 Å². The number of nitrogens with one attached hydrogen (secondary N) is 5. The van der Waals surface area contributed by atoms with Crippen molar-refractivity contribution in [2.45, 2.75) is 64.7 Å². The smallest absolute Gasteiger partial charge is 0.305 e. The summed E-state index contributed by atoms with van der Waals surface area (Å²) in [4.78, 5) is 85.3. The molecule has 0 aromatic heterocycles. The molecule has 5 amide bonds. The molecule has 7 N–H and O–H groups in total. The van der Waals surface area contributed by atoms with Crippen LogP contribution in [0.5, 0.6) is 5.75 Å². The predicted octanol–water partition coefficient (Wildman–Crippen LogP) is 0.591. The number of amides is 5. The zero-order valence-electron chi connectivity index (χ0n) is 25.0. The number of non-ortho nitro benzene ring substituents is 1. The molecule has 0 saturated carbocycles. The number of anilines is 1. The molecule has 0 aliphatic heterocycles. The van der Waals surface area contributed by atoms with E-state index in [2.05, 4.69) is 26.6 Å². The molecule has 16 nitrogen and oxygen atoms in total. The maximum absolute atomic E-state index is 13.1. The van der Waals surface area contributed by atoms with Crippen molar-refractivity contribution < 1.29 is 43.9 Å². The third-order valence-electron chi connectivity index (χ3n) is 6.43. The SMILES string of the molecule is CC(=O)N[C@H](Cc1ccc(O)cc1)C(=O)N[C@H](C(=O)N[C@@H](C)C(=O)N[C@H](CC(=O)O)C(=O)Nc1ccc([N+](=O)[O-])cc1)C(C)C. The summed E-state index contributed by atoms with van der Waals surface area (Å²) in [7, 11) is 0. The van der Waals surface area contributed by atoms with E-state index >= 15 is 0 Å². The Morgan fingerprint density at radius 3 is 1.89 bits per heavy atom. The first-order valence-electron chi connectivity index (χ1n) is 13.8. The van der Waals surface area contributed by atoms with Crippen LogP contribution in [0.15, 0.2) is 48.5 Å². The Morgan fingerprint density at radius 1 is 0.778 bits per heavy atom. The lowest BCUT2D eigenvalue weighted by molar-refractivity contribution is -0.384. The molecular weight excluding hydrogens is 592 g/mol. The molecule has 0 saturated heterocycles. The van der Waals surface area contributed by atoms with Crippen molar-refractivity contribution in [3.8, 4) is 5.75 Å². The monoisotopic (exact) mass is 628 g/mol. The van der Waals surface area contributed by atoms with Gasteiger partial charge >= 0.3 is 5.97 Å². The molecule has 242 valence electrons. The van der Waals surface area contributed by atoms with E-state index in [1.54, 1.807) is 26.0 Å². The number of aromatic hydroxyl groups is 1. The minimum absolute atomic E-state index is 0.0216. The minimum Gasteiger partial charge on any atom is -0.508 e. The molecule has 0 bridgehead atoms. The molecule has 0 spiro atoms. The van der Waals surface area contributed by atoms with Crippen molar-refractivity contribution in [3.63, 3.8) is 0 Å². The molecule has 0 heterocycles. The van der Waals surface area contributed by atoms with Crippen LogP contribution in [0.4, 0.5) is 11.4 Å². The van der Waals surface area contributed by atoms with E-state index in [1.807, 2.05) is 0 Å². The number of rotatable bonds is 15. The van der Waals surface area contributed by atoms with Crippen LogP contribution >= 0.6 is 0 Å². The first-order chi connectivity index (χ1) is 21.1. The van der Waals surface area contributed by atoms with Gasteiger partial charge in [-0.3, -0.25) is 38.9 Å². The molecule has 16 heteroatoms. The van der Waals surface area contributed by atoms with Gasteiger partial charge in [-0.1, -0.05) is 26.0 Å². The summed E-state index contributed by atoms with van der Waals surface area (Å²) in [6, 6.07) is 5.69. The molecule has 2 aromatic carbocycles. The lowest BCUT2D eigenvalue weighted by atomic mass is 10.0. The van der Waals surface area contributed by atoms with Crippen LogP contribution < -0.4 is 26.6 Å². The van der Waals surface area contributed by atoms with E-state index in [0.29, 0.717) is 5.56 Å². The van der Waals surface area contributed by atoms with Gasteiger partial charge in [0.25, 0.3) is 5.69 Å². The van der Waals surface area contributed by atoms with Crippen molar-refractivity contribution in [2.75, 3.05) is 5.32 Å². The number of benzene rings is 2. The molecule has 2 rings (SSSR count). The number of aliphatic carboxylic acids is 1. The zero-order chi connectivity index (χ0) is 33.8. The third-order valence-corrected chi connectivity index (χ3v) is 6.43. The molecule has 0 unspecified atom stereocenters. The second-order valence-electron chi connectivity index (χ2n) is 10.5. The maximum atomic E-state index is 13.1. The lowest BCUT2D eigenvalue weighted by Crippen LogP contribution is -2.58. The zero-order valence-corrected chi connectivity index (χ0v) is 25.0. The molecule has 2 aromatic rings. The van der Waals surface area contributed by atoms with Crippen LogP contribution in [0.3, 0.4) is 0 Å². The molecule has 4 atom stereocenters. The van der Waals surface area contributed by atoms with E-state index in [9.17, 15) is 49.1 Å². The van der Waals surface area contributed by atoms with Gasteiger partial charge < -0.3 is 36.8 Å². The summed E-state index contributed by atoms with van der Waals surface area (Å²) in [6.45, 7) is 5.82. The number of phenolic OH excluding ortho intramolecular Hbond substituents is 1. The fraction of sp³-hybridized carbons (Fsp3) is 0.379. The number of nitro benzene ring substituents is 1.